The fourth-order valence-electron chi connectivity index (χ4n) is 2.34. The molecule has 2 rings (SSSR count). The molecule has 1 unspecified atom stereocenters. The average molecular weight is 317 g/mol. The lowest BCUT2D eigenvalue weighted by Gasteiger charge is -2.28. The first-order valence-electron chi connectivity index (χ1n) is 7.66. The topological polar surface area (TPSA) is 92.1 Å². The van der Waals surface area contributed by atoms with Crippen molar-refractivity contribution < 1.29 is 9.90 Å². The SMILES string of the molecule is CCCC(C)(CO)NC(=O)NCc1ccnc(-n2ccnc2)c1. The highest BCUT2D eigenvalue weighted by Crippen LogP contribution is 2.11. The van der Waals surface area contributed by atoms with Crippen molar-refractivity contribution in [3.05, 3.63) is 42.6 Å². The Morgan fingerprint density at radius 1 is 1.43 bits per heavy atom. The standard InChI is InChI=1S/C16H23N5O2/c1-3-5-16(2,11-22)20-15(23)19-10-13-4-6-18-14(9-13)21-8-7-17-12-21/h4,6-9,12,22H,3,5,10-11H2,1-2H3,(H2,19,20,23). The number of carbonyl (C=O) groups is 1. The van der Waals surface area contributed by atoms with Gasteiger partial charge in [-0.1, -0.05) is 13.3 Å². The van der Waals surface area contributed by atoms with Crippen LogP contribution in [0.5, 0.6) is 0 Å². The maximum atomic E-state index is 12.0. The first-order chi connectivity index (χ1) is 11.1. The second-order valence-corrected chi connectivity index (χ2v) is 5.77. The number of carbonyl (C=O) groups excluding carboxylic acids is 1. The van der Waals surface area contributed by atoms with Crippen LogP contribution < -0.4 is 10.6 Å². The summed E-state index contributed by atoms with van der Waals surface area (Å²) in [7, 11) is 0. The minimum absolute atomic E-state index is 0.0890. The van der Waals surface area contributed by atoms with Crippen LogP contribution in [0.2, 0.25) is 0 Å². The predicted molar refractivity (Wildman–Crippen MR) is 87.1 cm³/mol. The molecule has 23 heavy (non-hydrogen) atoms. The van der Waals surface area contributed by atoms with Crippen LogP contribution in [-0.4, -0.2) is 37.8 Å². The van der Waals surface area contributed by atoms with Crippen LogP contribution in [0.4, 0.5) is 4.79 Å². The molecule has 3 N–H and O–H groups in total. The van der Waals surface area contributed by atoms with Crippen LogP contribution in [0, 0.1) is 0 Å². The monoisotopic (exact) mass is 317 g/mol. The van der Waals surface area contributed by atoms with Crippen LogP contribution in [0.25, 0.3) is 5.82 Å². The van der Waals surface area contributed by atoms with E-state index in [4.69, 9.17) is 0 Å². The van der Waals surface area contributed by atoms with Gasteiger partial charge in [0.2, 0.25) is 0 Å². The van der Waals surface area contributed by atoms with E-state index in [9.17, 15) is 9.90 Å². The Labute approximate surface area is 135 Å². The molecule has 7 heteroatoms. The van der Waals surface area contributed by atoms with Gasteiger partial charge in [0.25, 0.3) is 0 Å². The number of amides is 2. The number of imidazole rings is 1. The Balaban J connectivity index is 1.93. The van der Waals surface area contributed by atoms with Crippen molar-refractivity contribution in [3.8, 4) is 5.82 Å². The Morgan fingerprint density at radius 2 is 2.26 bits per heavy atom. The molecule has 0 aliphatic heterocycles. The number of aliphatic hydroxyl groups excluding tert-OH is 1. The van der Waals surface area contributed by atoms with Crippen LogP contribution in [0.1, 0.15) is 32.3 Å². The quantitative estimate of drug-likeness (QED) is 0.723. The Morgan fingerprint density at radius 3 is 2.91 bits per heavy atom. The number of hydrogen-bond donors (Lipinski definition) is 3. The van der Waals surface area contributed by atoms with Crippen molar-refractivity contribution in [1.29, 1.82) is 0 Å². The van der Waals surface area contributed by atoms with E-state index >= 15 is 0 Å². The van der Waals surface area contributed by atoms with E-state index in [1.807, 2.05) is 32.2 Å². The lowest BCUT2D eigenvalue weighted by atomic mass is 9.98. The van der Waals surface area contributed by atoms with Crippen molar-refractivity contribution in [1.82, 2.24) is 25.2 Å². The number of nitrogens with one attached hydrogen (secondary N) is 2. The molecule has 124 valence electrons. The second-order valence-electron chi connectivity index (χ2n) is 5.77. The summed E-state index contributed by atoms with van der Waals surface area (Å²) in [4.78, 5) is 20.3. The van der Waals surface area contributed by atoms with Gasteiger partial charge in [0.1, 0.15) is 12.1 Å². The summed E-state index contributed by atoms with van der Waals surface area (Å²) in [6.07, 6.45) is 8.46. The fourth-order valence-corrected chi connectivity index (χ4v) is 2.34. The molecule has 0 aliphatic carbocycles. The van der Waals surface area contributed by atoms with Gasteiger partial charge in [0, 0.05) is 25.1 Å². The van der Waals surface area contributed by atoms with Crippen LogP contribution in [0.15, 0.2) is 37.1 Å². The molecule has 2 aromatic rings. The molecule has 1 atom stereocenters. The first kappa shape index (κ1) is 17.0. The molecule has 0 aliphatic rings. The first-order valence-corrected chi connectivity index (χ1v) is 7.66. The van der Waals surface area contributed by atoms with Gasteiger partial charge in [-0.05, 0) is 31.0 Å². The normalized spacial score (nSPS) is 13.3. The largest absolute Gasteiger partial charge is 0.394 e. The van der Waals surface area contributed by atoms with E-state index in [-0.39, 0.29) is 12.6 Å². The summed E-state index contributed by atoms with van der Waals surface area (Å²) in [6.45, 7) is 4.14. The van der Waals surface area contributed by atoms with Gasteiger partial charge in [-0.25, -0.2) is 14.8 Å². The zero-order valence-electron chi connectivity index (χ0n) is 13.5. The van der Waals surface area contributed by atoms with Crippen molar-refractivity contribution in [3.63, 3.8) is 0 Å². The summed E-state index contributed by atoms with van der Waals surface area (Å²) in [5.41, 5.74) is 0.332. The number of hydrogen-bond acceptors (Lipinski definition) is 4. The molecule has 0 spiro atoms. The Kier molecular flexibility index (Phi) is 5.70. The summed E-state index contributed by atoms with van der Waals surface area (Å²) < 4.78 is 1.80. The molecule has 0 saturated carbocycles. The van der Waals surface area contributed by atoms with Crippen molar-refractivity contribution in [2.24, 2.45) is 0 Å². The minimum atomic E-state index is -0.598. The Bertz CT molecular complexity index is 629. The molecular formula is C16H23N5O2. The molecule has 0 saturated heterocycles. The van der Waals surface area contributed by atoms with Gasteiger partial charge in [-0.2, -0.15) is 0 Å². The summed E-state index contributed by atoms with van der Waals surface area (Å²) in [5, 5.41) is 15.1. The number of aliphatic hydroxyl groups is 1. The van der Waals surface area contributed by atoms with E-state index in [1.165, 1.54) is 0 Å². The molecule has 2 aromatic heterocycles. The molecule has 7 nitrogen and oxygen atoms in total. The molecule has 0 radical (unpaired) electrons. The second kappa shape index (κ2) is 7.73. The number of pyridine rings is 1. The molecular weight excluding hydrogens is 294 g/mol. The van der Waals surface area contributed by atoms with E-state index in [2.05, 4.69) is 20.6 Å². The summed E-state index contributed by atoms with van der Waals surface area (Å²) >= 11 is 0. The Hall–Kier alpha value is -2.41. The van der Waals surface area contributed by atoms with Gasteiger partial charge in [-0.3, -0.25) is 4.57 Å². The van der Waals surface area contributed by atoms with E-state index < -0.39 is 5.54 Å². The van der Waals surface area contributed by atoms with Crippen molar-refractivity contribution >= 4 is 6.03 Å². The summed E-state index contributed by atoms with van der Waals surface area (Å²) in [6, 6.07) is 3.44. The van der Waals surface area contributed by atoms with E-state index in [1.54, 1.807) is 23.3 Å². The maximum absolute atomic E-state index is 12.0. The van der Waals surface area contributed by atoms with Gasteiger partial charge >= 0.3 is 6.03 Å². The highest BCUT2D eigenvalue weighted by atomic mass is 16.3. The highest BCUT2D eigenvalue weighted by Gasteiger charge is 2.24. The van der Waals surface area contributed by atoms with Gasteiger partial charge in [0.05, 0.1) is 12.1 Å². The summed E-state index contributed by atoms with van der Waals surface area (Å²) in [5.74, 6) is 0.744. The molecule has 0 aromatic carbocycles. The molecule has 0 bridgehead atoms. The molecule has 2 amide bonds. The van der Waals surface area contributed by atoms with E-state index in [0.29, 0.717) is 6.54 Å². The number of rotatable bonds is 7. The van der Waals surface area contributed by atoms with Gasteiger partial charge in [0.15, 0.2) is 0 Å². The number of urea groups is 1. The lowest BCUT2D eigenvalue weighted by molar-refractivity contribution is 0.163. The highest BCUT2D eigenvalue weighted by molar-refractivity contribution is 5.74. The maximum Gasteiger partial charge on any atom is 0.315 e. The van der Waals surface area contributed by atoms with Crippen molar-refractivity contribution in [2.45, 2.75) is 38.8 Å². The van der Waals surface area contributed by atoms with Crippen molar-refractivity contribution in [2.75, 3.05) is 6.61 Å². The van der Waals surface area contributed by atoms with Gasteiger partial charge < -0.3 is 15.7 Å². The number of aromatic nitrogens is 3. The number of nitrogens with zero attached hydrogens (tertiary/aromatic N) is 3. The molecule has 2 heterocycles. The third-order valence-electron chi connectivity index (χ3n) is 3.60. The molecule has 0 fully saturated rings. The van der Waals surface area contributed by atoms with Gasteiger partial charge in [-0.15, -0.1) is 0 Å². The third kappa shape index (κ3) is 4.79. The lowest BCUT2D eigenvalue weighted by Crippen LogP contribution is -2.52. The zero-order valence-corrected chi connectivity index (χ0v) is 13.5. The minimum Gasteiger partial charge on any atom is -0.394 e. The van der Waals surface area contributed by atoms with Crippen LogP contribution in [-0.2, 0) is 6.54 Å². The van der Waals surface area contributed by atoms with Crippen LogP contribution >= 0.6 is 0 Å². The third-order valence-corrected chi connectivity index (χ3v) is 3.60. The van der Waals surface area contributed by atoms with E-state index in [0.717, 1.165) is 24.2 Å². The smallest absolute Gasteiger partial charge is 0.315 e. The predicted octanol–water partition coefficient (Wildman–Crippen LogP) is 1.62. The average Bonchev–Trinajstić information content (AvgIpc) is 3.08. The fraction of sp³-hybridized carbons (Fsp3) is 0.438. The zero-order chi connectivity index (χ0) is 16.7. The van der Waals surface area contributed by atoms with Crippen LogP contribution in [0.3, 0.4) is 0 Å².